The molecule has 1 saturated heterocycles. The molecule has 1 fully saturated rings. The van der Waals surface area contributed by atoms with Crippen LogP contribution in [0.25, 0.3) is 0 Å². The highest BCUT2D eigenvalue weighted by molar-refractivity contribution is 6.44. The van der Waals surface area contributed by atoms with Crippen molar-refractivity contribution in [2.75, 3.05) is 20.1 Å². The van der Waals surface area contributed by atoms with Crippen molar-refractivity contribution in [2.45, 2.75) is 6.42 Å². The fraction of sp³-hybridized carbons (Fsp3) is 0.286. The first-order valence-electron chi connectivity index (χ1n) is 6.55. The maximum absolute atomic E-state index is 13.4. The zero-order valence-electron chi connectivity index (χ0n) is 11.8. The van der Waals surface area contributed by atoms with Crippen molar-refractivity contribution in [1.29, 1.82) is 0 Å². The Balaban J connectivity index is 1.84. The summed E-state index contributed by atoms with van der Waals surface area (Å²) in [5.41, 5.74) is 0.450. The van der Waals surface area contributed by atoms with Gasteiger partial charge >= 0.3 is 17.8 Å². The van der Waals surface area contributed by atoms with Gasteiger partial charge in [0.15, 0.2) is 0 Å². The minimum atomic E-state index is -1.03. The van der Waals surface area contributed by atoms with Gasteiger partial charge in [-0.2, -0.15) is 0 Å². The van der Waals surface area contributed by atoms with Crippen LogP contribution in [-0.2, 0) is 20.8 Å². The van der Waals surface area contributed by atoms with Crippen LogP contribution in [0.15, 0.2) is 24.3 Å². The van der Waals surface area contributed by atoms with Crippen molar-refractivity contribution < 1.29 is 23.6 Å². The van der Waals surface area contributed by atoms with Crippen molar-refractivity contribution in [3.05, 3.63) is 35.6 Å². The van der Waals surface area contributed by atoms with E-state index in [0.717, 1.165) is 0 Å². The molecule has 116 valence electrons. The highest BCUT2D eigenvalue weighted by Crippen LogP contribution is 2.09. The third-order valence-corrected chi connectivity index (χ3v) is 3.23. The minimum Gasteiger partial charge on any atom is -0.354 e. The van der Waals surface area contributed by atoms with Crippen LogP contribution in [0.4, 0.5) is 9.18 Å². The molecule has 0 radical (unpaired) electrons. The third-order valence-electron chi connectivity index (χ3n) is 3.23. The second kappa shape index (κ2) is 6.33. The van der Waals surface area contributed by atoms with Gasteiger partial charge in [0.1, 0.15) is 12.4 Å². The van der Waals surface area contributed by atoms with E-state index in [1.54, 1.807) is 18.2 Å². The summed E-state index contributed by atoms with van der Waals surface area (Å²) in [7, 11) is 1.17. The predicted molar refractivity (Wildman–Crippen MR) is 73.0 cm³/mol. The Morgan fingerprint density at radius 2 is 1.86 bits per heavy atom. The number of benzene rings is 1. The van der Waals surface area contributed by atoms with Crippen molar-refractivity contribution in [2.24, 2.45) is 0 Å². The molecule has 0 spiro atoms. The molecule has 0 aliphatic carbocycles. The fourth-order valence-electron chi connectivity index (χ4n) is 1.99. The Hall–Kier alpha value is -2.77. The van der Waals surface area contributed by atoms with Gasteiger partial charge in [-0.05, 0) is 18.1 Å². The number of carbonyl (C=O) groups excluding carboxylic acids is 4. The largest absolute Gasteiger partial charge is 0.354 e. The van der Waals surface area contributed by atoms with Gasteiger partial charge in [0, 0.05) is 13.6 Å². The van der Waals surface area contributed by atoms with E-state index in [9.17, 15) is 23.6 Å². The molecule has 5 amide bonds. The molecule has 0 saturated carbocycles. The lowest BCUT2D eigenvalue weighted by molar-refractivity contribution is -0.143. The van der Waals surface area contributed by atoms with Crippen LogP contribution in [0.1, 0.15) is 5.56 Å². The molecule has 1 heterocycles. The molecule has 1 aliphatic heterocycles. The van der Waals surface area contributed by atoms with Gasteiger partial charge in [-0.1, -0.05) is 18.2 Å². The second-order valence-corrected chi connectivity index (χ2v) is 4.73. The lowest BCUT2D eigenvalue weighted by Gasteiger charge is -2.12. The number of imide groups is 2. The first-order chi connectivity index (χ1) is 10.4. The summed E-state index contributed by atoms with van der Waals surface area (Å²) in [5.74, 6) is -2.96. The van der Waals surface area contributed by atoms with Crippen LogP contribution in [0.3, 0.4) is 0 Å². The summed E-state index contributed by atoms with van der Waals surface area (Å²) in [6.45, 7) is -0.384. The highest BCUT2D eigenvalue weighted by atomic mass is 19.1. The number of nitrogens with one attached hydrogen (secondary N) is 1. The van der Waals surface area contributed by atoms with E-state index in [4.69, 9.17) is 0 Å². The molecule has 0 aromatic heterocycles. The lowest BCUT2D eigenvalue weighted by atomic mass is 10.1. The number of hydrogen-bond acceptors (Lipinski definition) is 4. The van der Waals surface area contributed by atoms with Gasteiger partial charge < -0.3 is 5.32 Å². The van der Waals surface area contributed by atoms with Crippen molar-refractivity contribution >= 4 is 23.8 Å². The zero-order valence-corrected chi connectivity index (χ0v) is 11.8. The van der Waals surface area contributed by atoms with E-state index in [1.807, 2.05) is 0 Å². The van der Waals surface area contributed by atoms with Crippen LogP contribution in [0.2, 0.25) is 0 Å². The van der Waals surface area contributed by atoms with Crippen molar-refractivity contribution in [3.63, 3.8) is 0 Å². The topological polar surface area (TPSA) is 86.8 Å². The molecule has 1 aliphatic rings. The molecular weight excluding hydrogens is 293 g/mol. The number of hydrogen-bond donors (Lipinski definition) is 1. The standard InChI is InChI=1S/C14H14FN3O4/c1-17-12(20)13(21)18(14(17)22)8-11(19)16-7-6-9-4-2-3-5-10(9)15/h2-5H,6-8H2,1H3,(H,16,19). The lowest BCUT2D eigenvalue weighted by Crippen LogP contribution is -2.41. The molecule has 1 aromatic carbocycles. The molecule has 1 aromatic rings. The zero-order chi connectivity index (χ0) is 16.3. The first kappa shape index (κ1) is 15.6. The maximum atomic E-state index is 13.4. The summed E-state index contributed by atoms with van der Waals surface area (Å²) in [5, 5.41) is 2.47. The number of nitrogens with zero attached hydrogens (tertiary/aromatic N) is 2. The van der Waals surface area contributed by atoms with Gasteiger partial charge in [-0.15, -0.1) is 0 Å². The first-order valence-corrected chi connectivity index (χ1v) is 6.55. The average molecular weight is 307 g/mol. The molecule has 0 unspecified atom stereocenters. The number of rotatable bonds is 5. The molecule has 0 atom stereocenters. The quantitative estimate of drug-likeness (QED) is 0.608. The van der Waals surface area contributed by atoms with E-state index in [0.29, 0.717) is 15.4 Å². The molecule has 1 N–H and O–H groups in total. The SMILES string of the molecule is CN1C(=O)C(=O)N(CC(=O)NCCc2ccccc2F)C1=O. The third kappa shape index (κ3) is 3.11. The molecule has 2 rings (SSSR count). The molecule has 8 heteroatoms. The van der Waals surface area contributed by atoms with Gasteiger partial charge in [0.25, 0.3) is 0 Å². The van der Waals surface area contributed by atoms with Crippen LogP contribution < -0.4 is 5.32 Å². The number of halogens is 1. The summed E-state index contributed by atoms with van der Waals surface area (Å²) in [6.07, 6.45) is 0.277. The van der Waals surface area contributed by atoms with Crippen molar-refractivity contribution in [1.82, 2.24) is 15.1 Å². The van der Waals surface area contributed by atoms with Crippen LogP contribution in [0.5, 0.6) is 0 Å². The van der Waals surface area contributed by atoms with E-state index in [2.05, 4.69) is 5.32 Å². The molecule has 22 heavy (non-hydrogen) atoms. The minimum absolute atomic E-state index is 0.153. The number of amides is 5. The molecule has 7 nitrogen and oxygen atoms in total. The number of carbonyl (C=O) groups is 4. The maximum Gasteiger partial charge on any atom is 0.334 e. The van der Waals surface area contributed by atoms with Crippen LogP contribution in [-0.4, -0.2) is 53.7 Å². The van der Waals surface area contributed by atoms with E-state index in [1.165, 1.54) is 13.1 Å². The average Bonchev–Trinajstić information content (AvgIpc) is 2.67. The normalized spacial score (nSPS) is 14.7. The fourth-order valence-corrected chi connectivity index (χ4v) is 1.99. The highest BCUT2D eigenvalue weighted by Gasteiger charge is 2.42. The Labute approximate surface area is 125 Å². The van der Waals surface area contributed by atoms with Gasteiger partial charge in [-0.3, -0.25) is 19.3 Å². The summed E-state index contributed by atoms with van der Waals surface area (Å²) in [6, 6.07) is 5.33. The Morgan fingerprint density at radius 3 is 2.45 bits per heavy atom. The second-order valence-electron chi connectivity index (χ2n) is 4.73. The Kier molecular flexibility index (Phi) is 4.50. The number of urea groups is 1. The van der Waals surface area contributed by atoms with Crippen molar-refractivity contribution in [3.8, 4) is 0 Å². The Bertz CT molecular complexity index is 647. The Morgan fingerprint density at radius 1 is 1.18 bits per heavy atom. The van der Waals surface area contributed by atoms with E-state index in [-0.39, 0.29) is 18.8 Å². The molecular formula is C14H14FN3O4. The summed E-state index contributed by atoms with van der Waals surface area (Å²) < 4.78 is 13.4. The number of likely N-dealkylation sites (N-methyl/N-ethyl adjacent to an activating group) is 1. The summed E-state index contributed by atoms with van der Waals surface area (Å²) >= 11 is 0. The van der Waals surface area contributed by atoms with Gasteiger partial charge in [0.05, 0.1) is 0 Å². The van der Waals surface area contributed by atoms with E-state index >= 15 is 0 Å². The summed E-state index contributed by atoms with van der Waals surface area (Å²) in [4.78, 5) is 47.3. The molecule has 0 bridgehead atoms. The van der Waals surface area contributed by atoms with Crippen LogP contribution in [0, 0.1) is 5.82 Å². The monoisotopic (exact) mass is 307 g/mol. The predicted octanol–water partition coefficient (Wildman–Crippen LogP) is -0.0950. The van der Waals surface area contributed by atoms with Gasteiger partial charge in [0.2, 0.25) is 5.91 Å². The smallest absolute Gasteiger partial charge is 0.334 e. The van der Waals surface area contributed by atoms with Crippen LogP contribution >= 0.6 is 0 Å². The van der Waals surface area contributed by atoms with Gasteiger partial charge in [-0.25, -0.2) is 14.1 Å². The van der Waals surface area contributed by atoms with E-state index < -0.39 is 30.3 Å².